The fourth-order valence-corrected chi connectivity index (χ4v) is 3.10. The molecule has 0 radical (unpaired) electrons. The summed E-state index contributed by atoms with van der Waals surface area (Å²) in [4.78, 5) is 7.83. The van der Waals surface area contributed by atoms with Gasteiger partial charge in [0.1, 0.15) is 0 Å². The smallest absolute Gasteiger partial charge is 0.261 e. The van der Waals surface area contributed by atoms with Crippen LogP contribution in [0.1, 0.15) is 11.1 Å². The van der Waals surface area contributed by atoms with Crippen molar-refractivity contribution in [1.82, 2.24) is 9.97 Å². The Morgan fingerprint density at radius 2 is 1.67 bits per heavy atom. The van der Waals surface area contributed by atoms with Gasteiger partial charge < -0.3 is 4.98 Å². The molecule has 2 aromatic heterocycles. The Hall–Kier alpha value is -2.44. The Kier molecular flexibility index (Phi) is 4.03. The van der Waals surface area contributed by atoms with E-state index in [1.54, 1.807) is 0 Å². The van der Waals surface area contributed by atoms with Crippen molar-refractivity contribution >= 4 is 42.7 Å². The molecule has 0 aliphatic heterocycles. The minimum absolute atomic E-state index is 0.715. The zero-order valence-electron chi connectivity index (χ0n) is 13.7. The van der Waals surface area contributed by atoms with E-state index >= 15 is 0 Å². The SMILES string of the molecule is CS(=O)(=O)O.Cc1c2ccncc2c(C)c2c1[nH]c1ccccc12. The lowest BCUT2D eigenvalue weighted by Crippen LogP contribution is -1.88. The maximum atomic E-state index is 9.19. The molecule has 0 atom stereocenters. The normalized spacial score (nSPS) is 11.7. The molecule has 124 valence electrons. The van der Waals surface area contributed by atoms with E-state index in [2.05, 4.69) is 54.1 Å². The molecule has 0 fully saturated rings. The molecule has 0 aliphatic carbocycles. The highest BCUT2D eigenvalue weighted by Gasteiger charge is 2.13. The van der Waals surface area contributed by atoms with Crippen molar-refractivity contribution in [2.75, 3.05) is 6.26 Å². The highest BCUT2D eigenvalue weighted by Crippen LogP contribution is 2.35. The second-order valence-electron chi connectivity index (χ2n) is 5.82. The van der Waals surface area contributed by atoms with Crippen LogP contribution in [0.2, 0.25) is 0 Å². The molecule has 0 saturated heterocycles. The number of nitrogens with zero attached hydrogens (tertiary/aromatic N) is 1. The Balaban J connectivity index is 0.000000300. The molecule has 0 aliphatic rings. The molecule has 5 nitrogen and oxygen atoms in total. The van der Waals surface area contributed by atoms with Crippen LogP contribution < -0.4 is 0 Å². The maximum absolute atomic E-state index is 9.19. The first kappa shape index (κ1) is 16.4. The molecule has 2 N–H and O–H groups in total. The van der Waals surface area contributed by atoms with Crippen LogP contribution >= 0.6 is 0 Å². The van der Waals surface area contributed by atoms with Crippen LogP contribution in [0, 0.1) is 13.8 Å². The molecule has 6 heteroatoms. The molecular weight excluding hydrogens is 324 g/mol. The minimum atomic E-state index is -3.67. The van der Waals surface area contributed by atoms with Gasteiger partial charge in [-0.2, -0.15) is 8.42 Å². The van der Waals surface area contributed by atoms with E-state index < -0.39 is 10.1 Å². The lowest BCUT2D eigenvalue weighted by molar-refractivity contribution is 0.490. The summed E-state index contributed by atoms with van der Waals surface area (Å²) in [6.45, 7) is 4.37. The van der Waals surface area contributed by atoms with Gasteiger partial charge in [0, 0.05) is 34.1 Å². The van der Waals surface area contributed by atoms with E-state index in [-0.39, 0.29) is 0 Å². The standard InChI is InChI=1S/C17H14N2.CH4O3S/c1-10-14-9-18-8-7-12(14)11(2)17-16(10)13-5-3-4-6-15(13)19-17;1-5(2,3)4/h3-9,19H,1-2H3;1H3,(H,2,3,4). The molecule has 0 saturated carbocycles. The van der Waals surface area contributed by atoms with Gasteiger partial charge in [0.15, 0.2) is 0 Å². The minimum Gasteiger partial charge on any atom is -0.354 e. The number of nitrogens with one attached hydrogen (secondary N) is 1. The van der Waals surface area contributed by atoms with E-state index in [1.807, 2.05) is 12.4 Å². The second-order valence-corrected chi connectivity index (χ2v) is 7.29. The summed E-state index contributed by atoms with van der Waals surface area (Å²) in [5.74, 6) is 0. The summed E-state index contributed by atoms with van der Waals surface area (Å²) < 4.78 is 25.9. The fraction of sp³-hybridized carbons (Fsp3) is 0.167. The zero-order chi connectivity index (χ0) is 17.5. The van der Waals surface area contributed by atoms with Gasteiger partial charge in [0.2, 0.25) is 0 Å². The molecule has 24 heavy (non-hydrogen) atoms. The van der Waals surface area contributed by atoms with Crippen molar-refractivity contribution < 1.29 is 13.0 Å². The Labute approximate surface area is 140 Å². The molecule has 0 spiro atoms. The van der Waals surface area contributed by atoms with Crippen molar-refractivity contribution in [2.24, 2.45) is 0 Å². The number of hydrogen-bond donors (Lipinski definition) is 2. The fourth-order valence-electron chi connectivity index (χ4n) is 3.10. The quantitative estimate of drug-likeness (QED) is 0.473. The average molecular weight is 342 g/mol. The number of hydrogen-bond acceptors (Lipinski definition) is 3. The third-order valence-electron chi connectivity index (χ3n) is 4.09. The Morgan fingerprint density at radius 3 is 2.38 bits per heavy atom. The summed E-state index contributed by atoms with van der Waals surface area (Å²) in [5.41, 5.74) is 5.06. The van der Waals surface area contributed by atoms with Gasteiger partial charge >= 0.3 is 0 Å². The number of fused-ring (bicyclic) bond motifs is 4. The lowest BCUT2D eigenvalue weighted by Gasteiger charge is -2.08. The van der Waals surface area contributed by atoms with E-state index in [0.717, 1.165) is 0 Å². The van der Waals surface area contributed by atoms with Crippen LogP contribution in [0.5, 0.6) is 0 Å². The number of pyridine rings is 1. The second kappa shape index (κ2) is 5.89. The summed E-state index contributed by atoms with van der Waals surface area (Å²) >= 11 is 0. The van der Waals surface area contributed by atoms with Gasteiger partial charge in [0.05, 0.1) is 11.8 Å². The largest absolute Gasteiger partial charge is 0.354 e. The Morgan fingerprint density at radius 1 is 1.00 bits per heavy atom. The van der Waals surface area contributed by atoms with Crippen molar-refractivity contribution in [2.45, 2.75) is 13.8 Å². The monoisotopic (exact) mass is 342 g/mol. The molecule has 2 heterocycles. The third-order valence-corrected chi connectivity index (χ3v) is 4.09. The number of para-hydroxylation sites is 1. The number of rotatable bonds is 0. The summed E-state index contributed by atoms with van der Waals surface area (Å²) in [5, 5.41) is 5.15. The van der Waals surface area contributed by atoms with Gasteiger partial charge in [-0.3, -0.25) is 9.54 Å². The molecule has 4 rings (SSSR count). The van der Waals surface area contributed by atoms with Crippen LogP contribution in [0.4, 0.5) is 0 Å². The van der Waals surface area contributed by atoms with Gasteiger partial charge in [0.25, 0.3) is 10.1 Å². The van der Waals surface area contributed by atoms with Crippen molar-refractivity contribution in [3.8, 4) is 0 Å². The van der Waals surface area contributed by atoms with Crippen molar-refractivity contribution in [1.29, 1.82) is 0 Å². The number of aromatic nitrogens is 2. The zero-order valence-corrected chi connectivity index (χ0v) is 14.5. The van der Waals surface area contributed by atoms with Crippen LogP contribution in [-0.2, 0) is 10.1 Å². The molecule has 4 aromatic rings. The molecular formula is C18H18N2O3S. The molecule has 0 bridgehead atoms. The first-order valence-electron chi connectivity index (χ1n) is 7.43. The number of benzene rings is 2. The maximum Gasteiger partial charge on any atom is 0.261 e. The summed E-state index contributed by atoms with van der Waals surface area (Å²) in [6.07, 6.45) is 4.55. The molecule has 2 aromatic carbocycles. The summed E-state index contributed by atoms with van der Waals surface area (Å²) in [6, 6.07) is 10.6. The van der Waals surface area contributed by atoms with Crippen LogP contribution in [0.25, 0.3) is 32.6 Å². The number of aryl methyl sites for hydroxylation is 2. The predicted octanol–water partition coefficient (Wildman–Crippen LogP) is 3.99. The number of H-pyrrole nitrogens is 1. The predicted molar refractivity (Wildman–Crippen MR) is 98.1 cm³/mol. The van der Waals surface area contributed by atoms with Crippen molar-refractivity contribution in [3.63, 3.8) is 0 Å². The van der Waals surface area contributed by atoms with Crippen LogP contribution in [0.3, 0.4) is 0 Å². The van der Waals surface area contributed by atoms with Gasteiger partial charge in [-0.1, -0.05) is 18.2 Å². The topological polar surface area (TPSA) is 83.1 Å². The van der Waals surface area contributed by atoms with E-state index in [1.165, 1.54) is 43.7 Å². The molecule has 0 amide bonds. The van der Waals surface area contributed by atoms with Crippen LogP contribution in [-0.4, -0.2) is 29.2 Å². The Bertz CT molecular complexity index is 1150. The van der Waals surface area contributed by atoms with E-state index in [0.29, 0.717) is 6.26 Å². The van der Waals surface area contributed by atoms with Crippen LogP contribution in [0.15, 0.2) is 42.7 Å². The first-order valence-corrected chi connectivity index (χ1v) is 9.28. The third kappa shape index (κ3) is 2.98. The number of aromatic amines is 1. The average Bonchev–Trinajstić information content (AvgIpc) is 2.91. The summed E-state index contributed by atoms with van der Waals surface area (Å²) in [7, 11) is -3.67. The highest BCUT2D eigenvalue weighted by molar-refractivity contribution is 7.85. The lowest BCUT2D eigenvalue weighted by atomic mass is 9.97. The molecule has 0 unspecified atom stereocenters. The van der Waals surface area contributed by atoms with E-state index in [4.69, 9.17) is 4.55 Å². The van der Waals surface area contributed by atoms with Gasteiger partial charge in [-0.15, -0.1) is 0 Å². The van der Waals surface area contributed by atoms with Gasteiger partial charge in [-0.05, 0) is 42.5 Å². The van der Waals surface area contributed by atoms with Crippen molar-refractivity contribution in [3.05, 3.63) is 53.9 Å². The van der Waals surface area contributed by atoms with Gasteiger partial charge in [-0.25, -0.2) is 0 Å². The highest BCUT2D eigenvalue weighted by atomic mass is 32.2. The first-order chi connectivity index (χ1) is 11.3. The van der Waals surface area contributed by atoms with E-state index in [9.17, 15) is 8.42 Å².